The van der Waals surface area contributed by atoms with Gasteiger partial charge in [-0.2, -0.15) is 10.1 Å². The molecule has 0 fully saturated rings. The summed E-state index contributed by atoms with van der Waals surface area (Å²) in [6, 6.07) is 0. The maximum atomic E-state index is 11.2. The van der Waals surface area contributed by atoms with Crippen molar-refractivity contribution in [1.29, 1.82) is 0 Å². The van der Waals surface area contributed by atoms with Crippen LogP contribution in [0.3, 0.4) is 0 Å². The van der Waals surface area contributed by atoms with Crippen LogP contribution in [0.2, 0.25) is 0 Å². The number of hydrogen-bond donors (Lipinski definition) is 0. The topological polar surface area (TPSA) is 83.8 Å². The molecular formula is C8H12N4Na2O4. The third-order valence-electron chi connectivity index (χ3n) is 1.89. The monoisotopic (exact) mass is 274 g/mol. The molecule has 0 aliphatic carbocycles. The first-order valence-electron chi connectivity index (χ1n) is 4.73. The molecule has 0 amide bonds. The van der Waals surface area contributed by atoms with Gasteiger partial charge in [0.1, 0.15) is 12.7 Å². The predicted molar refractivity (Wildman–Crippen MR) is 66.6 cm³/mol. The molecule has 0 radical (unpaired) electrons. The fraction of sp³-hybridized carbons (Fsp3) is 0.500. The number of carbonyl (C=O) groups is 2. The summed E-state index contributed by atoms with van der Waals surface area (Å²) in [6.07, 6.45) is 2.70. The molecular weight excluding hydrogens is 262 g/mol. The molecule has 90 valence electrons. The molecule has 10 heteroatoms. The van der Waals surface area contributed by atoms with Gasteiger partial charge in [0, 0.05) is 0 Å². The van der Waals surface area contributed by atoms with Crippen LogP contribution < -0.4 is 0 Å². The molecule has 0 saturated carbocycles. The van der Waals surface area contributed by atoms with Gasteiger partial charge in [-0.1, -0.05) is 0 Å². The average molecular weight is 274 g/mol. The first-order chi connectivity index (χ1) is 7.75. The first-order valence-corrected chi connectivity index (χ1v) is 4.73. The van der Waals surface area contributed by atoms with Crippen molar-refractivity contribution in [3.63, 3.8) is 0 Å². The summed E-state index contributed by atoms with van der Waals surface area (Å²) in [5.74, 6) is -2.15. The zero-order valence-corrected chi connectivity index (χ0v) is 8.40. The Kier molecular flexibility index (Phi) is 8.83. The third kappa shape index (κ3) is 5.25. The zero-order valence-electron chi connectivity index (χ0n) is 8.40. The van der Waals surface area contributed by atoms with Gasteiger partial charge < -0.3 is 9.68 Å². The Balaban J connectivity index is 0.00000144. The van der Waals surface area contributed by atoms with Crippen LogP contribution in [0.15, 0.2) is 9.98 Å². The van der Waals surface area contributed by atoms with E-state index in [2.05, 4.69) is 19.7 Å². The van der Waals surface area contributed by atoms with Crippen molar-refractivity contribution in [2.75, 3.05) is 26.2 Å². The Morgan fingerprint density at radius 2 is 1.28 bits per heavy atom. The summed E-state index contributed by atoms with van der Waals surface area (Å²) in [5.41, 5.74) is 0. The van der Waals surface area contributed by atoms with E-state index in [-0.39, 0.29) is 59.1 Å². The van der Waals surface area contributed by atoms with Gasteiger partial charge in [-0.3, -0.25) is 9.98 Å². The predicted octanol–water partition coefficient (Wildman–Crippen LogP) is -2.71. The van der Waals surface area contributed by atoms with Gasteiger partial charge >= 0.3 is 71.1 Å². The van der Waals surface area contributed by atoms with Crippen LogP contribution in [-0.2, 0) is 19.3 Å². The molecule has 0 spiro atoms. The maximum absolute atomic E-state index is 11.2. The van der Waals surface area contributed by atoms with Gasteiger partial charge in [0.05, 0.1) is 26.2 Å². The van der Waals surface area contributed by atoms with Crippen LogP contribution in [0.4, 0.5) is 0 Å². The van der Waals surface area contributed by atoms with Crippen molar-refractivity contribution in [2.45, 2.75) is 0 Å². The van der Waals surface area contributed by atoms with Crippen LogP contribution in [0, 0.1) is 0 Å². The van der Waals surface area contributed by atoms with Crippen molar-refractivity contribution in [1.82, 2.24) is 10.1 Å². The van der Waals surface area contributed by atoms with Crippen LogP contribution in [0.5, 0.6) is 0 Å². The van der Waals surface area contributed by atoms with Gasteiger partial charge in [0.15, 0.2) is 0 Å². The van der Waals surface area contributed by atoms with E-state index in [1.54, 1.807) is 0 Å². The molecule has 18 heavy (non-hydrogen) atoms. The molecule has 8 nitrogen and oxygen atoms in total. The number of hydroxylamine groups is 4. The summed E-state index contributed by atoms with van der Waals surface area (Å²) in [6.45, 7) is 1.98. The van der Waals surface area contributed by atoms with Crippen LogP contribution in [-0.4, -0.2) is 120 Å². The molecule has 0 bridgehead atoms. The zero-order chi connectivity index (χ0) is 11.4. The molecule has 2 rings (SSSR count). The van der Waals surface area contributed by atoms with Gasteiger partial charge in [0.2, 0.25) is 0 Å². The second-order valence-corrected chi connectivity index (χ2v) is 3.08. The number of carbonyl (C=O) groups excluding carboxylic acids is 2. The Hall–Kier alpha value is -0.120. The van der Waals surface area contributed by atoms with E-state index in [0.717, 1.165) is 0 Å². The van der Waals surface area contributed by atoms with E-state index in [9.17, 15) is 9.59 Å². The second-order valence-electron chi connectivity index (χ2n) is 3.08. The van der Waals surface area contributed by atoms with Crippen LogP contribution >= 0.6 is 0 Å². The van der Waals surface area contributed by atoms with Gasteiger partial charge in [0.25, 0.3) is 0 Å². The van der Waals surface area contributed by atoms with E-state index in [4.69, 9.17) is 0 Å². The van der Waals surface area contributed by atoms with Crippen molar-refractivity contribution in [3.05, 3.63) is 0 Å². The van der Waals surface area contributed by atoms with E-state index in [1.807, 2.05) is 0 Å². The molecule has 0 aromatic rings. The van der Waals surface area contributed by atoms with Crippen molar-refractivity contribution in [3.8, 4) is 0 Å². The summed E-state index contributed by atoms with van der Waals surface area (Å²) in [4.78, 5) is 39.4. The Bertz CT molecular complexity index is 329. The first kappa shape index (κ1) is 17.9. The van der Waals surface area contributed by atoms with Gasteiger partial charge in [-0.25, -0.2) is 9.59 Å². The summed E-state index contributed by atoms with van der Waals surface area (Å²) >= 11 is 0. The summed E-state index contributed by atoms with van der Waals surface area (Å²) < 4.78 is 0. The fourth-order valence-electron chi connectivity index (χ4n) is 1.15. The van der Waals surface area contributed by atoms with E-state index in [0.29, 0.717) is 26.2 Å². The Morgan fingerprint density at radius 1 is 0.889 bits per heavy atom. The second kappa shape index (κ2) is 8.89. The fourth-order valence-corrected chi connectivity index (χ4v) is 1.15. The summed E-state index contributed by atoms with van der Waals surface area (Å²) in [7, 11) is 0. The molecule has 0 aromatic carbocycles. The SMILES string of the molecule is O=C(ON1C=NCC1)C(=O)ON1C=NCC1.[NaH].[NaH]. The minimum atomic E-state index is -1.08. The van der Waals surface area contributed by atoms with Crippen LogP contribution in [0.1, 0.15) is 0 Å². The Morgan fingerprint density at radius 3 is 1.56 bits per heavy atom. The standard InChI is InChI=1S/C8H10N4O4.2Na.2H/c13-7(15-11-3-1-9-5-11)8(14)16-12-4-2-10-6-12;;;;/h5-6H,1-4H2;;;;. The number of nitrogens with zero attached hydrogens (tertiary/aromatic N) is 4. The molecule has 0 unspecified atom stereocenters. The van der Waals surface area contributed by atoms with Crippen molar-refractivity contribution < 1.29 is 19.3 Å². The molecule has 0 saturated heterocycles. The quantitative estimate of drug-likeness (QED) is 0.402. The van der Waals surface area contributed by atoms with Crippen molar-refractivity contribution in [2.24, 2.45) is 9.98 Å². The van der Waals surface area contributed by atoms with Gasteiger partial charge in [-0.05, 0) is 0 Å². The number of hydrogen-bond acceptors (Lipinski definition) is 8. The molecule has 0 aromatic heterocycles. The molecule has 2 heterocycles. The van der Waals surface area contributed by atoms with Crippen molar-refractivity contribution >= 4 is 83.7 Å². The van der Waals surface area contributed by atoms with E-state index < -0.39 is 11.9 Å². The van der Waals surface area contributed by atoms with E-state index >= 15 is 0 Å². The van der Waals surface area contributed by atoms with Crippen LogP contribution in [0.25, 0.3) is 0 Å². The molecule has 0 atom stereocenters. The Labute approximate surface area is 148 Å². The minimum absolute atomic E-state index is 0. The molecule has 2 aliphatic heterocycles. The molecule has 2 aliphatic rings. The number of aliphatic imine (C=N–C) groups is 2. The summed E-state index contributed by atoms with van der Waals surface area (Å²) in [5, 5.41) is 2.36. The third-order valence-corrected chi connectivity index (χ3v) is 1.89. The van der Waals surface area contributed by atoms with Gasteiger partial charge in [-0.15, -0.1) is 0 Å². The molecule has 0 N–H and O–H groups in total. The van der Waals surface area contributed by atoms with E-state index in [1.165, 1.54) is 22.8 Å². The average Bonchev–Trinajstić information content (AvgIpc) is 2.90. The normalized spacial score (nSPS) is 16.0. The number of rotatable bonds is 2.